The average molecular weight is 534 g/mol. The van der Waals surface area contributed by atoms with Gasteiger partial charge in [-0.2, -0.15) is 0 Å². The standard InChI is InChI=1S/C24H19BrCl2N2O3/c25-20-15-18(27)9-10-22(20)32-14-13-31-12-11-29-23(16-5-7-17(26)8-6-16)28-21-4-2-1-3-19(21)24(29)30/h1-10,15H,11-14H2. The Labute approximate surface area is 203 Å². The first-order valence-electron chi connectivity index (χ1n) is 9.94. The molecule has 4 rings (SSSR count). The van der Waals surface area contributed by atoms with Gasteiger partial charge in [0.2, 0.25) is 0 Å². The maximum atomic E-state index is 13.2. The van der Waals surface area contributed by atoms with E-state index in [1.165, 1.54) is 0 Å². The van der Waals surface area contributed by atoms with Crippen molar-refractivity contribution in [1.29, 1.82) is 0 Å². The minimum atomic E-state index is -0.106. The van der Waals surface area contributed by atoms with E-state index in [2.05, 4.69) is 15.9 Å². The molecule has 0 saturated heterocycles. The van der Waals surface area contributed by atoms with E-state index in [9.17, 15) is 4.79 Å². The number of fused-ring (bicyclic) bond motifs is 1. The lowest BCUT2D eigenvalue weighted by Gasteiger charge is -2.14. The number of hydrogen-bond acceptors (Lipinski definition) is 4. The van der Waals surface area contributed by atoms with Crippen molar-refractivity contribution in [2.24, 2.45) is 0 Å². The molecule has 0 radical (unpaired) electrons. The van der Waals surface area contributed by atoms with Gasteiger partial charge in [0.1, 0.15) is 18.2 Å². The highest BCUT2D eigenvalue weighted by Crippen LogP contribution is 2.28. The number of nitrogens with zero attached hydrogens (tertiary/aromatic N) is 2. The molecule has 0 aliphatic rings. The van der Waals surface area contributed by atoms with Crippen LogP contribution in [0.25, 0.3) is 22.3 Å². The summed E-state index contributed by atoms with van der Waals surface area (Å²) in [7, 11) is 0. The van der Waals surface area contributed by atoms with Crippen LogP contribution >= 0.6 is 39.1 Å². The van der Waals surface area contributed by atoms with Crippen LogP contribution in [0.3, 0.4) is 0 Å². The second-order valence-corrected chi connectivity index (χ2v) is 8.68. The van der Waals surface area contributed by atoms with E-state index in [4.69, 9.17) is 37.7 Å². The van der Waals surface area contributed by atoms with Gasteiger partial charge in [-0.3, -0.25) is 9.36 Å². The van der Waals surface area contributed by atoms with Crippen molar-refractivity contribution < 1.29 is 9.47 Å². The molecular formula is C24H19BrCl2N2O3. The van der Waals surface area contributed by atoms with Crippen molar-refractivity contribution in [2.45, 2.75) is 6.54 Å². The molecule has 1 heterocycles. The van der Waals surface area contributed by atoms with E-state index in [1.807, 2.05) is 30.3 Å². The van der Waals surface area contributed by atoms with Gasteiger partial charge in [0.05, 0.1) is 35.1 Å². The molecule has 1 aromatic heterocycles. The minimum Gasteiger partial charge on any atom is -0.490 e. The molecule has 0 saturated carbocycles. The third kappa shape index (κ3) is 5.33. The topological polar surface area (TPSA) is 53.4 Å². The Morgan fingerprint density at radius 3 is 2.44 bits per heavy atom. The minimum absolute atomic E-state index is 0.106. The average Bonchev–Trinajstić information content (AvgIpc) is 2.79. The van der Waals surface area contributed by atoms with Crippen molar-refractivity contribution in [3.63, 3.8) is 0 Å². The molecule has 0 spiro atoms. The second-order valence-electron chi connectivity index (χ2n) is 6.95. The van der Waals surface area contributed by atoms with E-state index in [-0.39, 0.29) is 5.56 Å². The van der Waals surface area contributed by atoms with Crippen molar-refractivity contribution in [3.05, 3.63) is 91.6 Å². The van der Waals surface area contributed by atoms with Gasteiger partial charge in [0.15, 0.2) is 0 Å². The monoisotopic (exact) mass is 532 g/mol. The molecular weight excluding hydrogens is 515 g/mol. The van der Waals surface area contributed by atoms with E-state index >= 15 is 0 Å². The highest BCUT2D eigenvalue weighted by molar-refractivity contribution is 9.10. The first-order valence-corrected chi connectivity index (χ1v) is 11.5. The number of halogens is 3. The maximum Gasteiger partial charge on any atom is 0.261 e. The van der Waals surface area contributed by atoms with Crippen LogP contribution in [0.4, 0.5) is 0 Å². The first kappa shape index (κ1) is 22.8. The Kier molecular flexibility index (Phi) is 7.48. The number of aromatic nitrogens is 2. The van der Waals surface area contributed by atoms with Gasteiger partial charge in [-0.1, -0.05) is 35.3 Å². The highest BCUT2D eigenvalue weighted by atomic mass is 79.9. The smallest absolute Gasteiger partial charge is 0.261 e. The van der Waals surface area contributed by atoms with E-state index in [0.717, 1.165) is 10.0 Å². The molecule has 5 nitrogen and oxygen atoms in total. The number of hydrogen-bond donors (Lipinski definition) is 0. The summed E-state index contributed by atoms with van der Waals surface area (Å²) >= 11 is 15.4. The van der Waals surface area contributed by atoms with Crippen LogP contribution in [0.5, 0.6) is 5.75 Å². The summed E-state index contributed by atoms with van der Waals surface area (Å²) in [6, 6.07) is 19.9. The van der Waals surface area contributed by atoms with Gasteiger partial charge in [0.25, 0.3) is 5.56 Å². The Balaban J connectivity index is 1.46. The fourth-order valence-corrected chi connectivity index (χ4v) is 4.18. The largest absolute Gasteiger partial charge is 0.490 e. The van der Waals surface area contributed by atoms with Crippen LogP contribution in [0.1, 0.15) is 0 Å². The van der Waals surface area contributed by atoms with Gasteiger partial charge in [0, 0.05) is 15.6 Å². The fourth-order valence-electron chi connectivity index (χ4n) is 3.26. The van der Waals surface area contributed by atoms with Crippen LogP contribution in [-0.2, 0) is 11.3 Å². The van der Waals surface area contributed by atoms with Crippen LogP contribution in [0.2, 0.25) is 10.0 Å². The van der Waals surface area contributed by atoms with Crippen molar-refractivity contribution in [3.8, 4) is 17.1 Å². The second kappa shape index (κ2) is 10.5. The molecule has 0 atom stereocenters. The molecule has 164 valence electrons. The predicted octanol–water partition coefficient (Wildman–Crippen LogP) is 6.23. The van der Waals surface area contributed by atoms with Crippen LogP contribution in [-0.4, -0.2) is 29.4 Å². The zero-order valence-corrected chi connectivity index (χ0v) is 20.0. The SMILES string of the molecule is O=c1c2ccccc2nc(-c2ccc(Cl)cc2)n1CCOCCOc1ccc(Cl)cc1Br. The van der Waals surface area contributed by atoms with Gasteiger partial charge >= 0.3 is 0 Å². The molecule has 4 aromatic rings. The van der Waals surface area contributed by atoms with Crippen molar-refractivity contribution in [1.82, 2.24) is 9.55 Å². The van der Waals surface area contributed by atoms with Gasteiger partial charge in [-0.15, -0.1) is 0 Å². The third-order valence-electron chi connectivity index (χ3n) is 4.80. The normalized spacial score (nSPS) is 11.1. The Hall–Kier alpha value is -2.38. The summed E-state index contributed by atoms with van der Waals surface area (Å²) in [6.45, 7) is 1.45. The van der Waals surface area contributed by atoms with Crippen LogP contribution in [0, 0.1) is 0 Å². The van der Waals surface area contributed by atoms with Crippen molar-refractivity contribution >= 4 is 50.0 Å². The summed E-state index contributed by atoms with van der Waals surface area (Å²) < 4.78 is 13.9. The molecule has 3 aromatic carbocycles. The van der Waals surface area contributed by atoms with E-state index in [0.29, 0.717) is 58.9 Å². The number of para-hydroxylation sites is 1. The predicted molar refractivity (Wildman–Crippen MR) is 132 cm³/mol. The molecule has 0 fully saturated rings. The first-order chi connectivity index (χ1) is 15.5. The lowest BCUT2D eigenvalue weighted by Crippen LogP contribution is -2.26. The lowest BCUT2D eigenvalue weighted by molar-refractivity contribution is 0.0938. The molecule has 0 aliphatic carbocycles. The van der Waals surface area contributed by atoms with Crippen molar-refractivity contribution in [2.75, 3.05) is 19.8 Å². The molecule has 0 unspecified atom stereocenters. The Morgan fingerprint density at radius 2 is 1.66 bits per heavy atom. The fraction of sp³-hybridized carbons (Fsp3) is 0.167. The van der Waals surface area contributed by atoms with Gasteiger partial charge in [-0.25, -0.2) is 4.98 Å². The molecule has 0 bridgehead atoms. The van der Waals surface area contributed by atoms with Gasteiger partial charge < -0.3 is 9.47 Å². The summed E-state index contributed by atoms with van der Waals surface area (Å²) in [6.07, 6.45) is 0. The van der Waals surface area contributed by atoms with Crippen LogP contribution in [0.15, 0.2) is 76.0 Å². The summed E-state index contributed by atoms with van der Waals surface area (Å²) in [5.74, 6) is 1.27. The number of rotatable bonds is 8. The number of benzene rings is 3. The number of ether oxygens (including phenoxy) is 2. The molecule has 0 amide bonds. The Morgan fingerprint density at radius 1 is 0.906 bits per heavy atom. The maximum absolute atomic E-state index is 13.2. The molecule has 0 N–H and O–H groups in total. The summed E-state index contributed by atoms with van der Waals surface area (Å²) in [5, 5.41) is 1.83. The summed E-state index contributed by atoms with van der Waals surface area (Å²) in [5.41, 5.74) is 1.36. The highest BCUT2D eigenvalue weighted by Gasteiger charge is 2.13. The quantitative estimate of drug-likeness (QED) is 0.252. The van der Waals surface area contributed by atoms with Crippen LogP contribution < -0.4 is 10.3 Å². The third-order valence-corrected chi connectivity index (χ3v) is 5.91. The molecule has 32 heavy (non-hydrogen) atoms. The van der Waals surface area contributed by atoms with Gasteiger partial charge in [-0.05, 0) is 70.5 Å². The zero-order chi connectivity index (χ0) is 22.5. The van der Waals surface area contributed by atoms with E-state index in [1.54, 1.807) is 41.0 Å². The summed E-state index contributed by atoms with van der Waals surface area (Å²) in [4.78, 5) is 17.9. The molecule has 0 aliphatic heterocycles. The zero-order valence-electron chi connectivity index (χ0n) is 16.9. The Bertz CT molecular complexity index is 1290. The molecule has 8 heteroatoms. The lowest BCUT2D eigenvalue weighted by atomic mass is 10.2. The van der Waals surface area contributed by atoms with E-state index < -0.39 is 0 Å².